The van der Waals surface area contributed by atoms with Crippen molar-refractivity contribution >= 4 is 0 Å². The average Bonchev–Trinajstić information content (AvgIpc) is 2.34. The van der Waals surface area contributed by atoms with E-state index in [9.17, 15) is 5.11 Å². The van der Waals surface area contributed by atoms with Crippen LogP contribution >= 0.6 is 0 Å². The van der Waals surface area contributed by atoms with Gasteiger partial charge in [0.15, 0.2) is 0 Å². The summed E-state index contributed by atoms with van der Waals surface area (Å²) in [6.07, 6.45) is 0.438. The molecule has 1 rings (SSSR count). The summed E-state index contributed by atoms with van der Waals surface area (Å²) in [5.74, 6) is 6.48. The van der Waals surface area contributed by atoms with Crippen molar-refractivity contribution in [1.29, 1.82) is 0 Å². The van der Waals surface area contributed by atoms with Crippen molar-refractivity contribution < 1.29 is 9.84 Å². The topological polar surface area (TPSA) is 29.5 Å². The molecule has 1 heterocycles. The van der Waals surface area contributed by atoms with Gasteiger partial charge < -0.3 is 9.84 Å². The van der Waals surface area contributed by atoms with Crippen LogP contribution < -0.4 is 0 Å². The maximum atomic E-state index is 9.43. The largest absolute Gasteiger partial charge is 0.390 e. The van der Waals surface area contributed by atoms with Gasteiger partial charge in [0.1, 0.15) is 0 Å². The van der Waals surface area contributed by atoms with Gasteiger partial charge in [-0.25, -0.2) is 0 Å². The SMILES string of the molecule is CC(C)(C)C#CCC1COCC1O. The van der Waals surface area contributed by atoms with Crippen LogP contribution in [0, 0.1) is 23.2 Å². The summed E-state index contributed by atoms with van der Waals surface area (Å²) in [5.41, 5.74) is 0.0599. The zero-order valence-corrected chi connectivity index (χ0v) is 8.63. The molecule has 0 saturated carbocycles. The van der Waals surface area contributed by atoms with Crippen molar-refractivity contribution in [2.24, 2.45) is 11.3 Å². The third-order valence-corrected chi connectivity index (χ3v) is 1.99. The Labute approximate surface area is 80.3 Å². The predicted octanol–water partition coefficient (Wildman–Crippen LogP) is 1.43. The van der Waals surface area contributed by atoms with E-state index in [0.29, 0.717) is 13.2 Å². The van der Waals surface area contributed by atoms with Crippen molar-refractivity contribution in [1.82, 2.24) is 0 Å². The highest BCUT2D eigenvalue weighted by Crippen LogP contribution is 2.17. The van der Waals surface area contributed by atoms with E-state index >= 15 is 0 Å². The van der Waals surface area contributed by atoms with E-state index in [2.05, 4.69) is 32.6 Å². The summed E-state index contributed by atoms with van der Waals surface area (Å²) < 4.78 is 5.13. The predicted molar refractivity (Wildman–Crippen MR) is 52.2 cm³/mol. The molecule has 1 fully saturated rings. The molecule has 0 spiro atoms. The van der Waals surface area contributed by atoms with Crippen LogP contribution in [0.5, 0.6) is 0 Å². The molecule has 13 heavy (non-hydrogen) atoms. The van der Waals surface area contributed by atoms with Gasteiger partial charge in [0.05, 0.1) is 19.3 Å². The van der Waals surface area contributed by atoms with Gasteiger partial charge in [0, 0.05) is 17.8 Å². The highest BCUT2D eigenvalue weighted by atomic mass is 16.5. The lowest BCUT2D eigenvalue weighted by Crippen LogP contribution is -2.17. The molecule has 0 aromatic rings. The van der Waals surface area contributed by atoms with E-state index in [1.807, 2.05) is 0 Å². The molecular formula is C11H18O2. The summed E-state index contributed by atoms with van der Waals surface area (Å²) >= 11 is 0. The molecule has 1 aliphatic rings. The molecular weight excluding hydrogens is 164 g/mol. The molecule has 2 atom stereocenters. The van der Waals surface area contributed by atoms with Crippen LogP contribution in [0.2, 0.25) is 0 Å². The average molecular weight is 182 g/mol. The highest BCUT2D eigenvalue weighted by molar-refractivity contribution is 5.08. The molecule has 1 aliphatic heterocycles. The molecule has 0 aromatic heterocycles. The summed E-state index contributed by atoms with van der Waals surface area (Å²) in [7, 11) is 0. The molecule has 2 nitrogen and oxygen atoms in total. The van der Waals surface area contributed by atoms with E-state index in [0.717, 1.165) is 6.42 Å². The van der Waals surface area contributed by atoms with E-state index in [1.54, 1.807) is 0 Å². The van der Waals surface area contributed by atoms with Gasteiger partial charge in [-0.2, -0.15) is 0 Å². The van der Waals surface area contributed by atoms with Crippen LogP contribution in [0.25, 0.3) is 0 Å². The second-order valence-corrected chi connectivity index (χ2v) is 4.62. The molecule has 1 N–H and O–H groups in total. The number of aliphatic hydroxyl groups excluding tert-OH is 1. The van der Waals surface area contributed by atoms with Gasteiger partial charge in [0.2, 0.25) is 0 Å². The van der Waals surface area contributed by atoms with E-state index in [-0.39, 0.29) is 17.4 Å². The zero-order valence-electron chi connectivity index (χ0n) is 8.63. The molecule has 2 heteroatoms. The molecule has 0 aromatic carbocycles. The smallest absolute Gasteiger partial charge is 0.0832 e. The normalized spacial score (nSPS) is 28.3. The van der Waals surface area contributed by atoms with Gasteiger partial charge in [-0.3, -0.25) is 0 Å². The standard InChI is InChI=1S/C11H18O2/c1-11(2,3)6-4-5-9-7-13-8-10(9)12/h9-10,12H,5,7-8H2,1-3H3. The summed E-state index contributed by atoms with van der Waals surface area (Å²) in [4.78, 5) is 0. The van der Waals surface area contributed by atoms with Gasteiger partial charge in [-0.1, -0.05) is 5.92 Å². The summed E-state index contributed by atoms with van der Waals surface area (Å²) in [5, 5.41) is 9.43. The van der Waals surface area contributed by atoms with Crippen molar-refractivity contribution in [3.8, 4) is 11.8 Å². The molecule has 0 radical (unpaired) electrons. The van der Waals surface area contributed by atoms with Gasteiger partial charge in [-0.15, -0.1) is 5.92 Å². The van der Waals surface area contributed by atoms with Crippen LogP contribution in [0.1, 0.15) is 27.2 Å². The number of aliphatic hydroxyl groups is 1. The van der Waals surface area contributed by atoms with E-state index in [1.165, 1.54) is 0 Å². The van der Waals surface area contributed by atoms with Gasteiger partial charge in [0.25, 0.3) is 0 Å². The van der Waals surface area contributed by atoms with Crippen LogP contribution in [-0.4, -0.2) is 24.4 Å². The Morgan fingerprint density at radius 2 is 2.08 bits per heavy atom. The lowest BCUT2D eigenvalue weighted by molar-refractivity contribution is 0.119. The fourth-order valence-corrected chi connectivity index (χ4v) is 1.23. The van der Waals surface area contributed by atoms with Crippen LogP contribution in [-0.2, 0) is 4.74 Å². The van der Waals surface area contributed by atoms with Crippen LogP contribution in [0.4, 0.5) is 0 Å². The highest BCUT2D eigenvalue weighted by Gasteiger charge is 2.24. The van der Waals surface area contributed by atoms with Gasteiger partial charge >= 0.3 is 0 Å². The Hall–Kier alpha value is -0.520. The first-order valence-electron chi connectivity index (χ1n) is 4.75. The monoisotopic (exact) mass is 182 g/mol. The Morgan fingerprint density at radius 3 is 2.54 bits per heavy atom. The Kier molecular flexibility index (Phi) is 3.35. The lowest BCUT2D eigenvalue weighted by atomic mass is 9.96. The Morgan fingerprint density at radius 1 is 1.38 bits per heavy atom. The Bertz CT molecular complexity index is 216. The molecule has 74 valence electrons. The third-order valence-electron chi connectivity index (χ3n) is 1.99. The summed E-state index contributed by atoms with van der Waals surface area (Å²) in [6.45, 7) is 7.38. The molecule has 0 bridgehead atoms. The number of hydrogen-bond acceptors (Lipinski definition) is 2. The number of hydrogen-bond donors (Lipinski definition) is 1. The molecule has 1 saturated heterocycles. The fraction of sp³-hybridized carbons (Fsp3) is 0.818. The number of rotatable bonds is 1. The Balaban J connectivity index is 2.36. The van der Waals surface area contributed by atoms with Crippen molar-refractivity contribution in [2.45, 2.75) is 33.3 Å². The molecule has 0 amide bonds. The minimum atomic E-state index is -0.311. The van der Waals surface area contributed by atoms with Gasteiger partial charge in [-0.05, 0) is 20.8 Å². The first kappa shape index (κ1) is 10.6. The summed E-state index contributed by atoms with van der Waals surface area (Å²) in [6, 6.07) is 0. The minimum Gasteiger partial charge on any atom is -0.390 e. The minimum absolute atomic E-state index is 0.0599. The van der Waals surface area contributed by atoms with E-state index < -0.39 is 0 Å². The zero-order chi connectivity index (χ0) is 9.90. The van der Waals surface area contributed by atoms with Crippen LogP contribution in [0.15, 0.2) is 0 Å². The van der Waals surface area contributed by atoms with Crippen molar-refractivity contribution in [2.75, 3.05) is 13.2 Å². The first-order valence-corrected chi connectivity index (χ1v) is 4.75. The lowest BCUT2D eigenvalue weighted by Gasteiger charge is -2.09. The molecule has 2 unspecified atom stereocenters. The van der Waals surface area contributed by atoms with E-state index in [4.69, 9.17) is 4.74 Å². The van der Waals surface area contributed by atoms with Crippen molar-refractivity contribution in [3.05, 3.63) is 0 Å². The van der Waals surface area contributed by atoms with Crippen molar-refractivity contribution in [3.63, 3.8) is 0 Å². The quantitative estimate of drug-likeness (QED) is 0.622. The number of ether oxygens (including phenoxy) is 1. The first-order chi connectivity index (χ1) is 5.99. The third kappa shape index (κ3) is 3.80. The maximum Gasteiger partial charge on any atom is 0.0832 e. The second kappa shape index (κ2) is 4.13. The molecule has 0 aliphatic carbocycles. The maximum absolute atomic E-state index is 9.43. The fourth-order valence-electron chi connectivity index (χ4n) is 1.23. The van der Waals surface area contributed by atoms with Crippen LogP contribution in [0.3, 0.4) is 0 Å². The second-order valence-electron chi connectivity index (χ2n) is 4.62.